The van der Waals surface area contributed by atoms with E-state index in [2.05, 4.69) is 40.9 Å². The molecule has 0 fully saturated rings. The number of amides is 1. The van der Waals surface area contributed by atoms with Crippen molar-refractivity contribution in [3.05, 3.63) is 65.0 Å². The van der Waals surface area contributed by atoms with E-state index in [-0.39, 0.29) is 23.0 Å². The van der Waals surface area contributed by atoms with Crippen LogP contribution in [0.2, 0.25) is 0 Å². The summed E-state index contributed by atoms with van der Waals surface area (Å²) in [6.45, 7) is 2.14. The summed E-state index contributed by atoms with van der Waals surface area (Å²) >= 11 is 0. The highest BCUT2D eigenvalue weighted by molar-refractivity contribution is 6.00. The molecule has 3 aromatic rings. The van der Waals surface area contributed by atoms with Crippen molar-refractivity contribution in [3.8, 4) is 0 Å². The van der Waals surface area contributed by atoms with Crippen molar-refractivity contribution in [2.75, 3.05) is 24.2 Å². The van der Waals surface area contributed by atoms with Gasteiger partial charge in [0.05, 0.1) is 40.7 Å². The molecule has 3 N–H and O–H groups in total. The van der Waals surface area contributed by atoms with E-state index in [1.807, 2.05) is 0 Å². The highest BCUT2D eigenvalue weighted by atomic mass is 19.4. The van der Waals surface area contributed by atoms with Crippen LogP contribution in [0.1, 0.15) is 33.4 Å². The van der Waals surface area contributed by atoms with Gasteiger partial charge in [-0.3, -0.25) is 9.79 Å². The number of carbonyl (C=O) groups is 1. The van der Waals surface area contributed by atoms with Gasteiger partial charge in [-0.1, -0.05) is 0 Å². The van der Waals surface area contributed by atoms with Gasteiger partial charge in [-0.25, -0.2) is 24.3 Å². The molecule has 1 aliphatic rings. The Labute approximate surface area is 202 Å². The third-order valence-corrected chi connectivity index (χ3v) is 5.14. The van der Waals surface area contributed by atoms with Crippen molar-refractivity contribution in [3.63, 3.8) is 0 Å². The number of aromatic nitrogens is 3. The van der Waals surface area contributed by atoms with Crippen molar-refractivity contribution in [1.82, 2.24) is 20.3 Å². The van der Waals surface area contributed by atoms with Crippen LogP contribution in [0.5, 0.6) is 0 Å². The molecule has 36 heavy (non-hydrogen) atoms. The monoisotopic (exact) mass is 500 g/mol. The summed E-state index contributed by atoms with van der Waals surface area (Å²) in [4.78, 5) is 32.9. The van der Waals surface area contributed by atoms with Gasteiger partial charge in [0.25, 0.3) is 5.91 Å². The zero-order valence-electron chi connectivity index (χ0n) is 19.1. The van der Waals surface area contributed by atoms with Gasteiger partial charge in [-0.05, 0) is 25.1 Å². The molecule has 9 nitrogen and oxygen atoms in total. The van der Waals surface area contributed by atoms with Gasteiger partial charge in [0.2, 0.25) is 0 Å². The first-order chi connectivity index (χ1) is 17.1. The quantitative estimate of drug-likeness (QED) is 0.433. The zero-order valence-corrected chi connectivity index (χ0v) is 19.1. The van der Waals surface area contributed by atoms with E-state index >= 15 is 0 Å². The van der Waals surface area contributed by atoms with Crippen molar-refractivity contribution < 1.29 is 22.4 Å². The number of carbonyl (C=O) groups excluding carboxylic acids is 1. The van der Waals surface area contributed by atoms with Crippen LogP contribution in [-0.2, 0) is 6.18 Å². The minimum absolute atomic E-state index is 0.0179. The largest absolute Gasteiger partial charge is 0.419 e. The van der Waals surface area contributed by atoms with Crippen LogP contribution in [0.25, 0.3) is 0 Å². The molecule has 186 valence electrons. The Morgan fingerprint density at radius 3 is 2.56 bits per heavy atom. The first-order valence-electron chi connectivity index (χ1n) is 10.6. The lowest BCUT2D eigenvalue weighted by Crippen LogP contribution is -2.20. The number of halogens is 4. The molecule has 0 saturated heterocycles. The molecule has 1 unspecified atom stereocenters. The van der Waals surface area contributed by atoms with E-state index in [0.717, 1.165) is 18.2 Å². The SMILES string of the molecule is CNC(=O)c1cc(F)ccc1Nc1cc(Nc2cc(C3C=NC=NC3)nc(C)n2)ncc1C(F)(F)F. The highest BCUT2D eigenvalue weighted by Crippen LogP contribution is 2.37. The molecule has 3 heterocycles. The summed E-state index contributed by atoms with van der Waals surface area (Å²) in [5, 5.41) is 7.83. The molecular weight excluding hydrogens is 480 g/mol. The second-order valence-electron chi connectivity index (χ2n) is 7.74. The molecule has 1 aromatic carbocycles. The standard InChI is InChI=1S/C23H20F4N8O/c1-12-32-18(13-8-29-11-30-9-13)6-21(33-12)35-20-7-19(16(10-31-20)23(25,26)27)34-17-4-3-14(24)5-15(17)22(36)28-2/h3-8,10-11,13H,9H2,1-2H3,(H,28,36)(H2,31,32,33,34,35). The van der Waals surface area contributed by atoms with Gasteiger partial charge >= 0.3 is 6.18 Å². The summed E-state index contributed by atoms with van der Waals surface area (Å²) in [6, 6.07) is 5.91. The maximum atomic E-state index is 13.7. The van der Waals surface area contributed by atoms with Crippen LogP contribution in [-0.4, -0.2) is 47.0 Å². The number of nitrogens with one attached hydrogen (secondary N) is 3. The lowest BCUT2D eigenvalue weighted by molar-refractivity contribution is -0.137. The minimum atomic E-state index is -4.75. The molecule has 0 bridgehead atoms. The van der Waals surface area contributed by atoms with E-state index in [1.54, 1.807) is 19.2 Å². The van der Waals surface area contributed by atoms with Crippen LogP contribution in [0.3, 0.4) is 0 Å². The lowest BCUT2D eigenvalue weighted by atomic mass is 10.1. The van der Waals surface area contributed by atoms with Gasteiger partial charge in [0, 0.05) is 31.6 Å². The number of anilines is 4. The molecule has 4 rings (SSSR count). The Bertz CT molecular complexity index is 1360. The predicted octanol–water partition coefficient (Wildman–Crippen LogP) is 4.38. The summed E-state index contributed by atoms with van der Waals surface area (Å²) in [5.74, 6) is -0.755. The average molecular weight is 500 g/mol. The number of hydrogen-bond acceptors (Lipinski definition) is 8. The van der Waals surface area contributed by atoms with Gasteiger partial charge < -0.3 is 16.0 Å². The van der Waals surface area contributed by atoms with E-state index in [1.165, 1.54) is 19.5 Å². The minimum Gasteiger partial charge on any atom is -0.355 e. The number of rotatable bonds is 6. The van der Waals surface area contributed by atoms with E-state index in [0.29, 0.717) is 30.1 Å². The molecule has 0 aliphatic carbocycles. The Balaban J connectivity index is 1.69. The fourth-order valence-electron chi connectivity index (χ4n) is 3.49. The zero-order chi connectivity index (χ0) is 25.9. The molecule has 1 aliphatic heterocycles. The van der Waals surface area contributed by atoms with Crippen molar-refractivity contribution in [2.24, 2.45) is 9.98 Å². The van der Waals surface area contributed by atoms with Gasteiger partial charge in [0.1, 0.15) is 29.6 Å². The summed E-state index contributed by atoms with van der Waals surface area (Å²) in [5.41, 5.74) is -1.01. The fraction of sp³-hybridized carbons (Fsp3) is 0.217. The Morgan fingerprint density at radius 1 is 1.06 bits per heavy atom. The predicted molar refractivity (Wildman–Crippen MR) is 127 cm³/mol. The van der Waals surface area contributed by atoms with E-state index in [9.17, 15) is 22.4 Å². The molecule has 1 atom stereocenters. The second-order valence-corrected chi connectivity index (χ2v) is 7.74. The second kappa shape index (κ2) is 10.1. The number of nitrogens with zero attached hydrogens (tertiary/aromatic N) is 5. The lowest BCUT2D eigenvalue weighted by Gasteiger charge is -2.18. The van der Waals surface area contributed by atoms with Crippen LogP contribution >= 0.6 is 0 Å². The Hall–Kier alpha value is -4.42. The maximum absolute atomic E-state index is 13.7. The first kappa shape index (κ1) is 24.7. The third-order valence-electron chi connectivity index (χ3n) is 5.14. The summed E-state index contributed by atoms with van der Waals surface area (Å²) in [7, 11) is 1.33. The Morgan fingerprint density at radius 2 is 1.86 bits per heavy atom. The first-order valence-corrected chi connectivity index (χ1v) is 10.6. The maximum Gasteiger partial charge on any atom is 0.419 e. The number of alkyl halides is 3. The van der Waals surface area contributed by atoms with Gasteiger partial charge in [0.15, 0.2) is 0 Å². The van der Waals surface area contributed by atoms with Crippen molar-refractivity contribution in [2.45, 2.75) is 19.0 Å². The molecule has 0 radical (unpaired) electrons. The van der Waals surface area contributed by atoms with E-state index in [4.69, 9.17) is 0 Å². The normalized spacial score (nSPS) is 15.0. The topological polar surface area (TPSA) is 117 Å². The van der Waals surface area contributed by atoms with Crippen LogP contribution in [0.15, 0.2) is 46.5 Å². The van der Waals surface area contributed by atoms with Gasteiger partial charge in [-0.2, -0.15) is 13.2 Å². The number of aryl methyl sites for hydroxylation is 1. The molecule has 0 spiro atoms. The molecule has 1 amide bonds. The molecular formula is C23H20F4N8O. The van der Waals surface area contributed by atoms with Crippen LogP contribution in [0.4, 0.5) is 40.6 Å². The number of aliphatic imine (C=N–C) groups is 2. The van der Waals surface area contributed by atoms with Crippen molar-refractivity contribution >= 4 is 41.5 Å². The summed E-state index contributed by atoms with van der Waals surface area (Å²) < 4.78 is 54.9. The van der Waals surface area contributed by atoms with E-state index < -0.39 is 29.2 Å². The number of hydrogen-bond donors (Lipinski definition) is 3. The molecule has 0 saturated carbocycles. The third kappa shape index (κ3) is 5.62. The van der Waals surface area contributed by atoms with Crippen molar-refractivity contribution in [1.29, 1.82) is 0 Å². The average Bonchev–Trinajstić information content (AvgIpc) is 2.84. The smallest absolute Gasteiger partial charge is 0.355 e. The number of pyridine rings is 1. The fourth-order valence-corrected chi connectivity index (χ4v) is 3.49. The number of benzene rings is 1. The Kier molecular flexibility index (Phi) is 6.90. The van der Waals surface area contributed by atoms with Crippen LogP contribution < -0.4 is 16.0 Å². The summed E-state index contributed by atoms with van der Waals surface area (Å²) in [6.07, 6.45) is -0.948. The molecule has 2 aromatic heterocycles. The van der Waals surface area contributed by atoms with Gasteiger partial charge in [-0.15, -0.1) is 0 Å². The molecule has 13 heteroatoms. The van der Waals surface area contributed by atoms with Crippen LogP contribution in [0, 0.1) is 12.7 Å². The highest BCUT2D eigenvalue weighted by Gasteiger charge is 2.34.